The Morgan fingerprint density at radius 1 is 1.16 bits per heavy atom. The molecule has 0 aliphatic carbocycles. The minimum absolute atomic E-state index is 0.0838. The summed E-state index contributed by atoms with van der Waals surface area (Å²) in [6, 6.07) is 13.0. The van der Waals surface area contributed by atoms with Crippen molar-refractivity contribution in [3.63, 3.8) is 0 Å². The van der Waals surface area contributed by atoms with E-state index in [9.17, 15) is 4.79 Å². The smallest absolute Gasteiger partial charge is 0.323 e. The van der Waals surface area contributed by atoms with Gasteiger partial charge in [-0.05, 0) is 31.2 Å². The van der Waals surface area contributed by atoms with E-state index in [-0.39, 0.29) is 12.1 Å². The van der Waals surface area contributed by atoms with Crippen molar-refractivity contribution in [2.24, 2.45) is 0 Å². The van der Waals surface area contributed by atoms with Crippen molar-refractivity contribution in [1.82, 2.24) is 9.88 Å². The van der Waals surface area contributed by atoms with E-state index in [1.54, 1.807) is 17.2 Å². The molecule has 0 atom stereocenters. The van der Waals surface area contributed by atoms with E-state index < -0.39 is 0 Å². The second-order valence-electron chi connectivity index (χ2n) is 5.83. The van der Waals surface area contributed by atoms with Crippen LogP contribution in [0.5, 0.6) is 11.5 Å². The van der Waals surface area contributed by atoms with Crippen LogP contribution in [-0.4, -0.2) is 41.7 Å². The van der Waals surface area contributed by atoms with Crippen molar-refractivity contribution in [3.05, 3.63) is 48.7 Å². The lowest BCUT2D eigenvalue weighted by molar-refractivity contribution is 0.112. The second-order valence-corrected chi connectivity index (χ2v) is 5.83. The van der Waals surface area contributed by atoms with Gasteiger partial charge in [-0.15, -0.1) is 0 Å². The Morgan fingerprint density at radius 3 is 2.56 bits per heavy atom. The van der Waals surface area contributed by atoms with Crippen molar-refractivity contribution in [3.8, 4) is 11.5 Å². The van der Waals surface area contributed by atoms with Gasteiger partial charge in [0.2, 0.25) is 0 Å². The average molecular weight is 341 g/mol. The van der Waals surface area contributed by atoms with E-state index in [0.717, 1.165) is 24.3 Å². The summed E-state index contributed by atoms with van der Waals surface area (Å²) in [6.45, 7) is 3.86. The maximum Gasteiger partial charge on any atom is 0.323 e. The fraction of sp³-hybridized carbons (Fsp3) is 0.368. The first-order chi connectivity index (χ1) is 12.3. The lowest BCUT2D eigenvalue weighted by atomic mass is 10.1. The summed E-state index contributed by atoms with van der Waals surface area (Å²) in [5.74, 6) is 2.09. The molecule has 6 nitrogen and oxygen atoms in total. The number of hydrogen-bond acceptors (Lipinski definition) is 4. The number of urea groups is 1. The highest BCUT2D eigenvalue weighted by Crippen LogP contribution is 2.29. The number of nitrogens with zero attached hydrogens (tertiary/aromatic N) is 2. The third kappa shape index (κ3) is 4.62. The number of aromatic nitrogens is 1. The van der Waals surface area contributed by atoms with Gasteiger partial charge in [0.05, 0.1) is 6.61 Å². The maximum atomic E-state index is 12.3. The topological polar surface area (TPSA) is 63.7 Å². The zero-order chi connectivity index (χ0) is 17.5. The number of amides is 2. The Kier molecular flexibility index (Phi) is 5.72. The molecular weight excluding hydrogens is 318 g/mol. The number of piperidine rings is 1. The molecule has 0 saturated carbocycles. The molecule has 1 aliphatic rings. The van der Waals surface area contributed by atoms with Crippen molar-refractivity contribution in [1.29, 1.82) is 0 Å². The molecule has 1 N–H and O–H groups in total. The van der Waals surface area contributed by atoms with Crippen LogP contribution in [0.4, 0.5) is 10.6 Å². The summed E-state index contributed by atoms with van der Waals surface area (Å²) in [5, 5.41) is 2.82. The van der Waals surface area contributed by atoms with Crippen LogP contribution < -0.4 is 14.8 Å². The molecule has 2 amide bonds. The van der Waals surface area contributed by atoms with E-state index >= 15 is 0 Å². The fourth-order valence-corrected chi connectivity index (χ4v) is 2.80. The van der Waals surface area contributed by atoms with Crippen LogP contribution >= 0.6 is 0 Å². The van der Waals surface area contributed by atoms with Crippen molar-refractivity contribution in [2.75, 3.05) is 25.0 Å². The van der Waals surface area contributed by atoms with E-state index in [1.807, 2.05) is 43.3 Å². The standard InChI is InChI=1S/C19H23N3O3/c1-2-24-16-7-3-4-8-17(16)25-15-10-13-22(14-11-15)19(23)21-18-9-5-6-12-20-18/h3-9,12,15H,2,10-11,13-14H2,1H3,(H,20,21,23). The van der Waals surface area contributed by atoms with Crippen LogP contribution in [0.1, 0.15) is 19.8 Å². The Morgan fingerprint density at radius 2 is 1.88 bits per heavy atom. The number of benzene rings is 1. The molecule has 1 aromatic heterocycles. The monoisotopic (exact) mass is 341 g/mol. The first-order valence-corrected chi connectivity index (χ1v) is 8.61. The number of para-hydroxylation sites is 2. The largest absolute Gasteiger partial charge is 0.490 e. The fourth-order valence-electron chi connectivity index (χ4n) is 2.80. The van der Waals surface area contributed by atoms with Crippen molar-refractivity contribution >= 4 is 11.8 Å². The van der Waals surface area contributed by atoms with Gasteiger partial charge in [-0.3, -0.25) is 5.32 Å². The van der Waals surface area contributed by atoms with Crippen LogP contribution in [-0.2, 0) is 0 Å². The van der Waals surface area contributed by atoms with Crippen LogP contribution in [0.2, 0.25) is 0 Å². The molecule has 2 heterocycles. The van der Waals surface area contributed by atoms with Crippen LogP contribution in [0.3, 0.4) is 0 Å². The number of carbonyl (C=O) groups excluding carboxylic acids is 1. The minimum Gasteiger partial charge on any atom is -0.490 e. The lowest BCUT2D eigenvalue weighted by Crippen LogP contribution is -2.43. The molecule has 25 heavy (non-hydrogen) atoms. The number of likely N-dealkylation sites (tertiary alicyclic amines) is 1. The number of ether oxygens (including phenoxy) is 2. The maximum absolute atomic E-state index is 12.3. The molecule has 132 valence electrons. The van der Waals surface area contributed by atoms with Crippen LogP contribution in [0, 0.1) is 0 Å². The summed E-state index contributed by atoms with van der Waals surface area (Å²) < 4.78 is 11.7. The predicted octanol–water partition coefficient (Wildman–Crippen LogP) is 3.56. The summed E-state index contributed by atoms with van der Waals surface area (Å²) in [7, 11) is 0. The molecule has 2 aromatic rings. The van der Waals surface area contributed by atoms with Gasteiger partial charge in [-0.1, -0.05) is 18.2 Å². The highest BCUT2D eigenvalue weighted by molar-refractivity contribution is 5.88. The molecule has 6 heteroatoms. The van der Waals surface area contributed by atoms with Gasteiger partial charge in [-0.25, -0.2) is 9.78 Å². The summed E-state index contributed by atoms with van der Waals surface area (Å²) in [5.41, 5.74) is 0. The van der Waals surface area contributed by atoms with E-state index in [1.165, 1.54) is 0 Å². The molecule has 0 spiro atoms. The molecule has 0 radical (unpaired) electrons. The van der Waals surface area contributed by atoms with Crippen LogP contribution in [0.25, 0.3) is 0 Å². The van der Waals surface area contributed by atoms with Crippen LogP contribution in [0.15, 0.2) is 48.7 Å². The van der Waals surface area contributed by atoms with E-state index in [4.69, 9.17) is 9.47 Å². The molecule has 1 saturated heterocycles. The molecule has 0 bridgehead atoms. The van der Waals surface area contributed by atoms with Gasteiger partial charge in [0.1, 0.15) is 11.9 Å². The Balaban J connectivity index is 1.51. The molecule has 1 aliphatic heterocycles. The number of hydrogen-bond donors (Lipinski definition) is 1. The van der Waals surface area contributed by atoms with Crippen molar-refractivity contribution < 1.29 is 14.3 Å². The average Bonchev–Trinajstić information content (AvgIpc) is 2.65. The quantitative estimate of drug-likeness (QED) is 0.903. The number of nitrogens with one attached hydrogen (secondary N) is 1. The summed E-state index contributed by atoms with van der Waals surface area (Å²) in [4.78, 5) is 18.2. The van der Waals surface area contributed by atoms with Crippen molar-refractivity contribution in [2.45, 2.75) is 25.9 Å². The minimum atomic E-state index is -0.119. The highest BCUT2D eigenvalue weighted by Gasteiger charge is 2.24. The molecular formula is C19H23N3O3. The zero-order valence-corrected chi connectivity index (χ0v) is 14.4. The zero-order valence-electron chi connectivity index (χ0n) is 14.4. The summed E-state index contributed by atoms with van der Waals surface area (Å²) in [6.07, 6.45) is 3.32. The Labute approximate surface area is 147 Å². The SMILES string of the molecule is CCOc1ccccc1OC1CCN(C(=O)Nc2ccccn2)CC1. The van der Waals surface area contributed by atoms with Gasteiger partial charge in [-0.2, -0.15) is 0 Å². The van der Waals surface area contributed by atoms with Gasteiger partial charge in [0.15, 0.2) is 11.5 Å². The third-order valence-corrected chi connectivity index (χ3v) is 4.07. The Bertz CT molecular complexity index is 685. The first kappa shape index (κ1) is 17.1. The van der Waals surface area contributed by atoms with Gasteiger partial charge in [0.25, 0.3) is 0 Å². The molecule has 1 aromatic carbocycles. The van der Waals surface area contributed by atoms with E-state index in [2.05, 4.69) is 10.3 Å². The Hall–Kier alpha value is -2.76. The molecule has 3 rings (SSSR count). The predicted molar refractivity (Wildman–Crippen MR) is 96.1 cm³/mol. The normalized spacial score (nSPS) is 14.8. The second kappa shape index (κ2) is 8.37. The number of carbonyl (C=O) groups is 1. The molecule has 0 unspecified atom stereocenters. The number of rotatable bonds is 5. The van der Waals surface area contributed by atoms with Gasteiger partial charge in [0, 0.05) is 32.1 Å². The third-order valence-electron chi connectivity index (χ3n) is 4.07. The van der Waals surface area contributed by atoms with Gasteiger partial charge < -0.3 is 14.4 Å². The first-order valence-electron chi connectivity index (χ1n) is 8.61. The summed E-state index contributed by atoms with van der Waals surface area (Å²) >= 11 is 0. The lowest BCUT2D eigenvalue weighted by Gasteiger charge is -2.32. The van der Waals surface area contributed by atoms with E-state index in [0.29, 0.717) is 25.5 Å². The molecule has 1 fully saturated rings. The van der Waals surface area contributed by atoms with Gasteiger partial charge >= 0.3 is 6.03 Å². The number of pyridine rings is 1. The highest BCUT2D eigenvalue weighted by atomic mass is 16.5. The number of anilines is 1.